The summed E-state index contributed by atoms with van der Waals surface area (Å²) < 4.78 is 6.59. The molecule has 9 heteroatoms. The highest BCUT2D eigenvalue weighted by Crippen LogP contribution is 2.27. The minimum Gasteiger partial charge on any atom is -0.496 e. The van der Waals surface area contributed by atoms with Crippen LogP contribution < -0.4 is 15.6 Å². The van der Waals surface area contributed by atoms with E-state index in [-0.39, 0.29) is 17.2 Å². The Morgan fingerprint density at radius 3 is 2.85 bits per heavy atom. The molecular weight excluding hydrogens is 348 g/mol. The van der Waals surface area contributed by atoms with Gasteiger partial charge < -0.3 is 4.74 Å². The molecule has 3 rings (SSSR count). The standard InChI is InChI=1S/C18H20N6O3/c1-3-4-11-24-15(25)10-9-13(23-24)17(26)20-18-19-16(21-22-18)12-7-5-6-8-14(12)27-2/h5-10H,3-4,11H2,1-2H3,(H2,19,20,21,22,26). The Balaban J connectivity index is 1.77. The highest BCUT2D eigenvalue weighted by molar-refractivity contribution is 6.01. The van der Waals surface area contributed by atoms with Crippen LogP contribution in [0.4, 0.5) is 5.95 Å². The monoisotopic (exact) mass is 368 g/mol. The molecule has 1 aromatic carbocycles. The topological polar surface area (TPSA) is 115 Å². The van der Waals surface area contributed by atoms with Gasteiger partial charge in [-0.1, -0.05) is 25.5 Å². The van der Waals surface area contributed by atoms with Gasteiger partial charge >= 0.3 is 0 Å². The van der Waals surface area contributed by atoms with Gasteiger partial charge in [0.25, 0.3) is 11.5 Å². The molecule has 0 fully saturated rings. The lowest BCUT2D eigenvalue weighted by molar-refractivity contribution is 0.101. The summed E-state index contributed by atoms with van der Waals surface area (Å²) in [5.41, 5.74) is 0.602. The van der Waals surface area contributed by atoms with Crippen LogP contribution in [0.5, 0.6) is 5.75 Å². The maximum Gasteiger partial charge on any atom is 0.278 e. The molecule has 27 heavy (non-hydrogen) atoms. The number of amides is 1. The number of carbonyl (C=O) groups is 1. The van der Waals surface area contributed by atoms with Crippen molar-refractivity contribution in [1.29, 1.82) is 0 Å². The van der Waals surface area contributed by atoms with Crippen molar-refractivity contribution in [2.24, 2.45) is 0 Å². The minimum absolute atomic E-state index is 0.106. The van der Waals surface area contributed by atoms with E-state index < -0.39 is 5.91 Å². The normalized spacial score (nSPS) is 10.6. The van der Waals surface area contributed by atoms with Gasteiger partial charge in [-0.15, -0.1) is 5.10 Å². The molecule has 0 bridgehead atoms. The lowest BCUT2D eigenvalue weighted by Crippen LogP contribution is -2.26. The summed E-state index contributed by atoms with van der Waals surface area (Å²) in [4.78, 5) is 28.5. The van der Waals surface area contributed by atoms with E-state index in [2.05, 4.69) is 25.6 Å². The molecule has 0 aliphatic carbocycles. The summed E-state index contributed by atoms with van der Waals surface area (Å²) in [6.07, 6.45) is 1.73. The number of ether oxygens (including phenoxy) is 1. The third-order valence-corrected chi connectivity index (χ3v) is 3.90. The van der Waals surface area contributed by atoms with Crippen molar-refractivity contribution in [2.45, 2.75) is 26.3 Å². The number of aryl methyl sites for hydroxylation is 1. The predicted octanol–water partition coefficient (Wildman–Crippen LogP) is 2.09. The van der Waals surface area contributed by atoms with Gasteiger partial charge in [-0.2, -0.15) is 10.1 Å². The fraction of sp³-hybridized carbons (Fsp3) is 0.278. The Labute approximate surface area is 155 Å². The first kappa shape index (κ1) is 18.3. The summed E-state index contributed by atoms with van der Waals surface area (Å²) in [7, 11) is 1.57. The van der Waals surface area contributed by atoms with Crippen molar-refractivity contribution >= 4 is 11.9 Å². The highest BCUT2D eigenvalue weighted by Gasteiger charge is 2.15. The molecule has 3 aromatic rings. The zero-order valence-corrected chi connectivity index (χ0v) is 15.1. The number of hydrogen-bond donors (Lipinski definition) is 2. The van der Waals surface area contributed by atoms with Crippen LogP contribution in [0.3, 0.4) is 0 Å². The van der Waals surface area contributed by atoms with Crippen molar-refractivity contribution < 1.29 is 9.53 Å². The summed E-state index contributed by atoms with van der Waals surface area (Å²) in [6.45, 7) is 2.49. The number of nitrogens with one attached hydrogen (secondary N) is 2. The minimum atomic E-state index is -0.495. The second-order valence-corrected chi connectivity index (χ2v) is 5.80. The molecule has 9 nitrogen and oxygen atoms in total. The van der Waals surface area contributed by atoms with Crippen LogP contribution in [0.1, 0.15) is 30.3 Å². The van der Waals surface area contributed by atoms with E-state index in [1.807, 2.05) is 25.1 Å². The number of aromatic nitrogens is 5. The number of benzene rings is 1. The third-order valence-electron chi connectivity index (χ3n) is 3.90. The Morgan fingerprint density at radius 1 is 1.26 bits per heavy atom. The maximum absolute atomic E-state index is 12.4. The van der Waals surface area contributed by atoms with Crippen LogP contribution in [0, 0.1) is 0 Å². The maximum atomic E-state index is 12.4. The molecule has 0 radical (unpaired) electrons. The summed E-state index contributed by atoms with van der Waals surface area (Å²) in [5.74, 6) is 0.708. The summed E-state index contributed by atoms with van der Waals surface area (Å²) in [6, 6.07) is 10.0. The van der Waals surface area contributed by atoms with Crippen LogP contribution >= 0.6 is 0 Å². The number of hydrogen-bond acceptors (Lipinski definition) is 6. The first-order valence-electron chi connectivity index (χ1n) is 8.57. The quantitative estimate of drug-likeness (QED) is 0.660. The average molecular weight is 368 g/mol. The molecule has 0 spiro atoms. The molecule has 2 heterocycles. The number of anilines is 1. The van der Waals surface area contributed by atoms with Crippen molar-refractivity contribution in [3.63, 3.8) is 0 Å². The van der Waals surface area contributed by atoms with Gasteiger partial charge in [0.2, 0.25) is 5.95 Å². The number of rotatable bonds is 7. The molecule has 0 aliphatic rings. The second kappa shape index (κ2) is 8.26. The highest BCUT2D eigenvalue weighted by atomic mass is 16.5. The fourth-order valence-corrected chi connectivity index (χ4v) is 2.48. The summed E-state index contributed by atoms with van der Waals surface area (Å²) >= 11 is 0. The van der Waals surface area contributed by atoms with E-state index in [1.165, 1.54) is 16.8 Å². The van der Waals surface area contributed by atoms with Crippen LogP contribution in [-0.4, -0.2) is 38.0 Å². The zero-order chi connectivity index (χ0) is 19.2. The average Bonchev–Trinajstić information content (AvgIpc) is 3.15. The van der Waals surface area contributed by atoms with Gasteiger partial charge in [0.05, 0.1) is 12.7 Å². The van der Waals surface area contributed by atoms with E-state index in [9.17, 15) is 9.59 Å². The van der Waals surface area contributed by atoms with Gasteiger partial charge in [-0.05, 0) is 24.6 Å². The SMILES string of the molecule is CCCCn1nc(C(=O)Nc2n[nH]c(-c3ccccc3OC)n2)ccc1=O. The molecule has 2 N–H and O–H groups in total. The third kappa shape index (κ3) is 4.20. The van der Waals surface area contributed by atoms with E-state index >= 15 is 0 Å². The molecule has 1 amide bonds. The second-order valence-electron chi connectivity index (χ2n) is 5.80. The molecule has 0 saturated carbocycles. The van der Waals surface area contributed by atoms with E-state index in [4.69, 9.17) is 4.74 Å². The van der Waals surface area contributed by atoms with Gasteiger partial charge in [0.1, 0.15) is 11.4 Å². The van der Waals surface area contributed by atoms with Gasteiger partial charge in [-0.25, -0.2) is 4.68 Å². The lowest BCUT2D eigenvalue weighted by atomic mass is 10.2. The molecule has 0 atom stereocenters. The van der Waals surface area contributed by atoms with Crippen LogP contribution in [0.15, 0.2) is 41.2 Å². The Kier molecular flexibility index (Phi) is 5.60. The molecule has 140 valence electrons. The van der Waals surface area contributed by atoms with Gasteiger partial charge in [-0.3, -0.25) is 20.0 Å². The van der Waals surface area contributed by atoms with Crippen molar-refractivity contribution in [3.8, 4) is 17.1 Å². The first-order valence-corrected chi connectivity index (χ1v) is 8.57. The molecule has 0 saturated heterocycles. The molecule has 0 aliphatic heterocycles. The Morgan fingerprint density at radius 2 is 2.07 bits per heavy atom. The number of H-pyrrole nitrogens is 1. The van der Waals surface area contributed by atoms with Crippen LogP contribution in [0.2, 0.25) is 0 Å². The molecule has 0 unspecified atom stereocenters. The Bertz CT molecular complexity index is 995. The first-order chi connectivity index (χ1) is 13.1. The van der Waals surface area contributed by atoms with Crippen molar-refractivity contribution in [1.82, 2.24) is 25.0 Å². The van der Waals surface area contributed by atoms with Crippen molar-refractivity contribution in [2.75, 3.05) is 12.4 Å². The van der Waals surface area contributed by atoms with Gasteiger partial charge in [0.15, 0.2) is 5.82 Å². The smallest absolute Gasteiger partial charge is 0.278 e. The lowest BCUT2D eigenvalue weighted by Gasteiger charge is -2.05. The number of unbranched alkanes of at least 4 members (excludes halogenated alkanes) is 1. The fourth-order valence-electron chi connectivity index (χ4n) is 2.48. The van der Waals surface area contributed by atoms with Crippen LogP contribution in [0.25, 0.3) is 11.4 Å². The number of nitrogens with zero attached hydrogens (tertiary/aromatic N) is 4. The van der Waals surface area contributed by atoms with Crippen LogP contribution in [-0.2, 0) is 6.54 Å². The largest absolute Gasteiger partial charge is 0.496 e. The number of para-hydroxylation sites is 1. The van der Waals surface area contributed by atoms with E-state index in [1.54, 1.807) is 13.2 Å². The van der Waals surface area contributed by atoms with E-state index in [0.29, 0.717) is 18.1 Å². The Hall–Kier alpha value is -3.49. The van der Waals surface area contributed by atoms with Crippen molar-refractivity contribution in [3.05, 3.63) is 52.4 Å². The number of carbonyl (C=O) groups excluding carboxylic acids is 1. The zero-order valence-electron chi connectivity index (χ0n) is 15.1. The number of aromatic amines is 1. The molecule has 2 aromatic heterocycles. The molecular formula is C18H20N6O3. The van der Waals surface area contributed by atoms with Gasteiger partial charge in [0, 0.05) is 12.6 Å². The summed E-state index contributed by atoms with van der Waals surface area (Å²) in [5, 5.41) is 13.5. The predicted molar refractivity (Wildman–Crippen MR) is 99.7 cm³/mol. The van der Waals surface area contributed by atoms with E-state index in [0.717, 1.165) is 18.4 Å². The number of methoxy groups -OCH3 is 1.